The Balaban J connectivity index is 2.04. The Kier molecular flexibility index (Phi) is 4.34. The minimum Gasteiger partial charge on any atom is -0.441 e. The number of hydrogen-bond donors (Lipinski definition) is 1. The van der Waals surface area contributed by atoms with Crippen LogP contribution in [-0.4, -0.2) is 18.6 Å². The van der Waals surface area contributed by atoms with Crippen molar-refractivity contribution in [1.82, 2.24) is 10.3 Å². The topological polar surface area (TPSA) is 38.1 Å². The molecule has 90 valence electrons. The summed E-state index contributed by atoms with van der Waals surface area (Å²) in [5, 5.41) is 3.12. The van der Waals surface area contributed by atoms with Gasteiger partial charge in [0.25, 0.3) is 0 Å². The minimum absolute atomic E-state index is 0.692. The van der Waals surface area contributed by atoms with Crippen LogP contribution in [0.25, 0.3) is 11.5 Å². The van der Waals surface area contributed by atoms with E-state index in [0.29, 0.717) is 5.89 Å². The third kappa shape index (κ3) is 3.41. The largest absolute Gasteiger partial charge is 0.441 e. The van der Waals surface area contributed by atoms with E-state index < -0.39 is 0 Å². The first-order valence-electron chi connectivity index (χ1n) is 5.65. The third-order valence-electron chi connectivity index (χ3n) is 2.49. The number of aryl methyl sites for hydroxylation is 1. The van der Waals surface area contributed by atoms with Gasteiger partial charge in [0, 0.05) is 16.5 Å². The van der Waals surface area contributed by atoms with Crippen molar-refractivity contribution in [1.29, 1.82) is 0 Å². The molecule has 1 N–H and O–H groups in total. The van der Waals surface area contributed by atoms with E-state index in [1.165, 1.54) is 0 Å². The molecule has 0 aliphatic heterocycles. The Morgan fingerprint density at radius 2 is 2.06 bits per heavy atom. The average Bonchev–Trinajstić information content (AvgIpc) is 2.79. The molecule has 0 atom stereocenters. The van der Waals surface area contributed by atoms with Crippen LogP contribution in [0.15, 0.2) is 39.4 Å². The van der Waals surface area contributed by atoms with Gasteiger partial charge < -0.3 is 9.73 Å². The van der Waals surface area contributed by atoms with Crippen molar-refractivity contribution in [2.75, 3.05) is 13.6 Å². The van der Waals surface area contributed by atoms with Crippen LogP contribution in [0.5, 0.6) is 0 Å². The molecule has 0 aliphatic carbocycles. The van der Waals surface area contributed by atoms with Gasteiger partial charge in [-0.1, -0.05) is 15.9 Å². The standard InChI is InChI=1S/C13H15BrN2O/c1-15-8-2-3-12-9-16-13(17-12)10-4-6-11(14)7-5-10/h4-7,9,15H,2-3,8H2,1H3. The van der Waals surface area contributed by atoms with E-state index in [9.17, 15) is 0 Å². The molecule has 0 saturated carbocycles. The molecule has 0 spiro atoms. The Morgan fingerprint density at radius 3 is 2.76 bits per heavy atom. The fourth-order valence-corrected chi connectivity index (χ4v) is 1.85. The highest BCUT2D eigenvalue weighted by molar-refractivity contribution is 9.10. The number of aromatic nitrogens is 1. The number of rotatable bonds is 5. The van der Waals surface area contributed by atoms with E-state index in [0.717, 1.165) is 35.2 Å². The smallest absolute Gasteiger partial charge is 0.226 e. The number of halogens is 1. The summed E-state index contributed by atoms with van der Waals surface area (Å²) in [5.41, 5.74) is 1.01. The summed E-state index contributed by atoms with van der Waals surface area (Å²) in [5.74, 6) is 1.63. The number of nitrogens with one attached hydrogen (secondary N) is 1. The lowest BCUT2D eigenvalue weighted by molar-refractivity contribution is 0.507. The number of oxazole rings is 1. The van der Waals surface area contributed by atoms with Gasteiger partial charge in [0.2, 0.25) is 5.89 Å². The van der Waals surface area contributed by atoms with Gasteiger partial charge in [-0.25, -0.2) is 4.98 Å². The molecule has 2 rings (SSSR count). The molecular weight excluding hydrogens is 280 g/mol. The molecule has 0 saturated heterocycles. The summed E-state index contributed by atoms with van der Waals surface area (Å²) >= 11 is 3.41. The number of hydrogen-bond acceptors (Lipinski definition) is 3. The van der Waals surface area contributed by atoms with Crippen molar-refractivity contribution in [2.45, 2.75) is 12.8 Å². The van der Waals surface area contributed by atoms with Crippen molar-refractivity contribution < 1.29 is 4.42 Å². The highest BCUT2D eigenvalue weighted by Gasteiger charge is 2.06. The highest BCUT2D eigenvalue weighted by atomic mass is 79.9. The van der Waals surface area contributed by atoms with Gasteiger partial charge >= 0.3 is 0 Å². The summed E-state index contributed by atoms with van der Waals surface area (Å²) in [6.07, 6.45) is 3.79. The van der Waals surface area contributed by atoms with Gasteiger partial charge in [-0.3, -0.25) is 0 Å². The molecule has 0 unspecified atom stereocenters. The number of nitrogens with zero attached hydrogens (tertiary/aromatic N) is 1. The first-order chi connectivity index (χ1) is 8.29. The second-order valence-corrected chi connectivity index (χ2v) is 4.76. The van der Waals surface area contributed by atoms with Crippen LogP contribution in [0, 0.1) is 0 Å². The lowest BCUT2D eigenvalue weighted by atomic mass is 10.2. The molecule has 17 heavy (non-hydrogen) atoms. The van der Waals surface area contributed by atoms with E-state index in [4.69, 9.17) is 4.42 Å². The van der Waals surface area contributed by atoms with E-state index in [-0.39, 0.29) is 0 Å². The fraction of sp³-hybridized carbons (Fsp3) is 0.308. The van der Waals surface area contributed by atoms with Gasteiger partial charge in [-0.2, -0.15) is 0 Å². The van der Waals surface area contributed by atoms with Gasteiger partial charge in [0.05, 0.1) is 6.20 Å². The van der Waals surface area contributed by atoms with Gasteiger partial charge in [-0.05, 0) is 44.3 Å². The molecule has 0 bridgehead atoms. The third-order valence-corrected chi connectivity index (χ3v) is 3.02. The van der Waals surface area contributed by atoms with Crippen molar-refractivity contribution in [3.8, 4) is 11.5 Å². The lowest BCUT2D eigenvalue weighted by Gasteiger charge is -1.97. The number of benzene rings is 1. The zero-order chi connectivity index (χ0) is 12.1. The molecule has 0 radical (unpaired) electrons. The summed E-state index contributed by atoms with van der Waals surface area (Å²) in [7, 11) is 1.95. The van der Waals surface area contributed by atoms with Crippen LogP contribution < -0.4 is 5.32 Å². The maximum atomic E-state index is 5.70. The predicted octanol–water partition coefficient (Wildman–Crippen LogP) is 3.26. The fourth-order valence-electron chi connectivity index (χ4n) is 1.59. The van der Waals surface area contributed by atoms with Crippen LogP contribution >= 0.6 is 15.9 Å². The van der Waals surface area contributed by atoms with Gasteiger partial charge in [0.15, 0.2) is 0 Å². The molecule has 4 heteroatoms. The summed E-state index contributed by atoms with van der Waals surface area (Å²) in [6.45, 7) is 0.994. The van der Waals surface area contributed by atoms with E-state index in [1.807, 2.05) is 37.5 Å². The molecule has 3 nitrogen and oxygen atoms in total. The van der Waals surface area contributed by atoms with Crippen LogP contribution in [-0.2, 0) is 6.42 Å². The van der Waals surface area contributed by atoms with E-state index in [2.05, 4.69) is 26.2 Å². The molecular formula is C13H15BrN2O. The van der Waals surface area contributed by atoms with Crippen LogP contribution in [0.2, 0.25) is 0 Å². The lowest BCUT2D eigenvalue weighted by Crippen LogP contribution is -2.08. The van der Waals surface area contributed by atoms with Crippen molar-refractivity contribution in [3.63, 3.8) is 0 Å². The van der Waals surface area contributed by atoms with Crippen molar-refractivity contribution in [3.05, 3.63) is 40.7 Å². The first-order valence-corrected chi connectivity index (χ1v) is 6.44. The zero-order valence-corrected chi connectivity index (χ0v) is 11.3. The molecule has 1 aromatic carbocycles. The second kappa shape index (κ2) is 5.98. The minimum atomic E-state index is 0.692. The Morgan fingerprint density at radius 1 is 1.29 bits per heavy atom. The Hall–Kier alpha value is -1.13. The molecule has 0 fully saturated rings. The average molecular weight is 295 g/mol. The highest BCUT2D eigenvalue weighted by Crippen LogP contribution is 2.21. The SMILES string of the molecule is CNCCCc1cnc(-c2ccc(Br)cc2)o1. The monoisotopic (exact) mass is 294 g/mol. The summed E-state index contributed by atoms with van der Waals surface area (Å²) in [4.78, 5) is 4.29. The van der Waals surface area contributed by atoms with Crippen LogP contribution in [0.1, 0.15) is 12.2 Å². The molecule has 1 heterocycles. The first kappa shape index (κ1) is 12.3. The Bertz CT molecular complexity index is 465. The summed E-state index contributed by atoms with van der Waals surface area (Å²) < 4.78 is 6.76. The molecule has 2 aromatic rings. The second-order valence-electron chi connectivity index (χ2n) is 3.85. The zero-order valence-electron chi connectivity index (χ0n) is 9.74. The maximum Gasteiger partial charge on any atom is 0.226 e. The van der Waals surface area contributed by atoms with Gasteiger partial charge in [0.1, 0.15) is 5.76 Å². The summed E-state index contributed by atoms with van der Waals surface area (Å²) in [6, 6.07) is 7.96. The van der Waals surface area contributed by atoms with Crippen LogP contribution in [0.3, 0.4) is 0 Å². The molecule has 0 aliphatic rings. The van der Waals surface area contributed by atoms with Crippen molar-refractivity contribution in [2.24, 2.45) is 0 Å². The molecule has 1 aromatic heterocycles. The van der Waals surface area contributed by atoms with E-state index >= 15 is 0 Å². The Labute approximate surface area is 109 Å². The normalized spacial score (nSPS) is 10.7. The molecule has 0 amide bonds. The van der Waals surface area contributed by atoms with E-state index in [1.54, 1.807) is 0 Å². The maximum absolute atomic E-state index is 5.70. The van der Waals surface area contributed by atoms with Crippen LogP contribution in [0.4, 0.5) is 0 Å². The predicted molar refractivity (Wildman–Crippen MR) is 71.9 cm³/mol. The van der Waals surface area contributed by atoms with Gasteiger partial charge in [-0.15, -0.1) is 0 Å². The quantitative estimate of drug-likeness (QED) is 0.860. The van der Waals surface area contributed by atoms with Crippen molar-refractivity contribution >= 4 is 15.9 Å².